The average Bonchev–Trinajstić information content (AvgIpc) is 3.10. The second-order valence-corrected chi connectivity index (χ2v) is 6.67. The highest BCUT2D eigenvalue weighted by Crippen LogP contribution is 2.22. The van der Waals surface area contributed by atoms with Crippen LogP contribution in [0.3, 0.4) is 0 Å². The predicted molar refractivity (Wildman–Crippen MR) is 110 cm³/mol. The Morgan fingerprint density at radius 2 is 1.70 bits per heavy atom. The van der Waals surface area contributed by atoms with E-state index in [1.54, 1.807) is 24.3 Å². The average molecular weight is 399 g/mol. The van der Waals surface area contributed by atoms with Crippen molar-refractivity contribution in [2.75, 3.05) is 0 Å². The molecule has 0 aliphatic rings. The zero-order valence-corrected chi connectivity index (χ0v) is 15.9. The molecule has 7 nitrogen and oxygen atoms in total. The van der Waals surface area contributed by atoms with Crippen LogP contribution in [0.2, 0.25) is 0 Å². The summed E-state index contributed by atoms with van der Waals surface area (Å²) >= 11 is 0. The fourth-order valence-electron chi connectivity index (χ4n) is 3.02. The third-order valence-corrected chi connectivity index (χ3v) is 4.56. The summed E-state index contributed by atoms with van der Waals surface area (Å²) in [4.78, 5) is 24.6. The van der Waals surface area contributed by atoms with E-state index in [4.69, 9.17) is 14.5 Å². The molecule has 0 saturated carbocycles. The minimum Gasteiger partial charge on any atom is -0.489 e. The van der Waals surface area contributed by atoms with Crippen LogP contribution in [0.25, 0.3) is 11.1 Å². The third-order valence-electron chi connectivity index (χ3n) is 4.56. The zero-order chi connectivity index (χ0) is 20.9. The number of aromatic amines is 1. The number of nitrogens with zero attached hydrogens (tertiary/aromatic N) is 2. The second-order valence-electron chi connectivity index (χ2n) is 6.67. The number of nitriles is 1. The standard InChI is InChI=1S/C23H17N3O4/c24-13-16-4-8-19(9-5-16)20-3-1-2-18(12-20)15-29-21-10-6-17(7-11-21)14-26-22(27)25-23(28)30-26/h1-12H,14-15H2,(H,25,27,28). The van der Waals surface area contributed by atoms with Gasteiger partial charge in [-0.15, -0.1) is 4.74 Å². The maximum Gasteiger partial charge on any atom is 0.440 e. The van der Waals surface area contributed by atoms with Gasteiger partial charge in [-0.2, -0.15) is 5.26 Å². The van der Waals surface area contributed by atoms with E-state index in [0.29, 0.717) is 17.9 Å². The first-order valence-corrected chi connectivity index (χ1v) is 9.22. The van der Waals surface area contributed by atoms with Crippen LogP contribution in [-0.2, 0) is 13.2 Å². The van der Waals surface area contributed by atoms with Crippen LogP contribution >= 0.6 is 0 Å². The summed E-state index contributed by atoms with van der Waals surface area (Å²) in [6.07, 6.45) is 0. The Balaban J connectivity index is 1.41. The number of hydrogen-bond donors (Lipinski definition) is 1. The summed E-state index contributed by atoms with van der Waals surface area (Å²) in [5.41, 5.74) is 3.95. The Bertz CT molecular complexity index is 1310. The molecule has 1 heterocycles. The molecule has 0 aliphatic heterocycles. The lowest BCUT2D eigenvalue weighted by atomic mass is 10.0. The molecule has 3 aromatic carbocycles. The van der Waals surface area contributed by atoms with E-state index in [2.05, 4.69) is 12.1 Å². The molecule has 0 fully saturated rings. The maximum absolute atomic E-state index is 11.5. The number of hydrogen-bond acceptors (Lipinski definition) is 5. The highest BCUT2D eigenvalue weighted by molar-refractivity contribution is 5.65. The van der Waals surface area contributed by atoms with Crippen LogP contribution in [0.5, 0.6) is 5.75 Å². The Kier molecular flexibility index (Phi) is 5.31. The summed E-state index contributed by atoms with van der Waals surface area (Å²) in [6.45, 7) is 0.556. The van der Waals surface area contributed by atoms with Gasteiger partial charge in [-0.25, -0.2) is 14.6 Å². The minimum absolute atomic E-state index is 0.157. The molecule has 148 valence electrons. The molecular formula is C23H17N3O4. The van der Waals surface area contributed by atoms with E-state index >= 15 is 0 Å². The molecule has 7 heteroatoms. The molecule has 1 N–H and O–H groups in total. The normalized spacial score (nSPS) is 10.5. The smallest absolute Gasteiger partial charge is 0.440 e. The zero-order valence-electron chi connectivity index (χ0n) is 15.9. The Morgan fingerprint density at radius 3 is 2.37 bits per heavy atom. The SMILES string of the molecule is N#Cc1ccc(-c2cccc(COc3ccc(Cn4oc(=O)[nH]c4=O)cc3)c2)cc1. The lowest BCUT2D eigenvalue weighted by Gasteiger charge is -2.09. The molecule has 0 spiro atoms. The van der Waals surface area contributed by atoms with Crippen LogP contribution in [0, 0.1) is 11.3 Å². The first kappa shape index (κ1) is 19.0. The van der Waals surface area contributed by atoms with Crippen molar-refractivity contribution in [1.29, 1.82) is 5.26 Å². The molecule has 0 aliphatic carbocycles. The molecule has 4 aromatic rings. The number of aromatic nitrogens is 2. The second kappa shape index (κ2) is 8.37. The van der Waals surface area contributed by atoms with Gasteiger partial charge in [0.2, 0.25) is 0 Å². The molecule has 0 unspecified atom stereocenters. The van der Waals surface area contributed by atoms with Crippen molar-refractivity contribution in [3.63, 3.8) is 0 Å². The van der Waals surface area contributed by atoms with Crippen molar-refractivity contribution in [1.82, 2.24) is 9.72 Å². The minimum atomic E-state index is -0.775. The summed E-state index contributed by atoms with van der Waals surface area (Å²) < 4.78 is 11.6. The van der Waals surface area contributed by atoms with Crippen LogP contribution in [0.4, 0.5) is 0 Å². The van der Waals surface area contributed by atoms with Crippen LogP contribution in [0.1, 0.15) is 16.7 Å². The van der Waals surface area contributed by atoms with Gasteiger partial charge >= 0.3 is 11.4 Å². The molecule has 0 bridgehead atoms. The van der Waals surface area contributed by atoms with Crippen molar-refractivity contribution in [3.8, 4) is 22.9 Å². The monoisotopic (exact) mass is 399 g/mol. The van der Waals surface area contributed by atoms with Crippen LogP contribution in [-0.4, -0.2) is 9.72 Å². The van der Waals surface area contributed by atoms with E-state index < -0.39 is 11.4 Å². The maximum atomic E-state index is 11.5. The van der Waals surface area contributed by atoms with Gasteiger partial charge in [-0.1, -0.05) is 42.5 Å². The number of benzene rings is 3. The fourth-order valence-corrected chi connectivity index (χ4v) is 3.02. The van der Waals surface area contributed by atoms with Gasteiger partial charge in [-0.05, 0) is 52.6 Å². The summed E-state index contributed by atoms with van der Waals surface area (Å²) in [7, 11) is 0. The molecule has 1 aromatic heterocycles. The lowest BCUT2D eigenvalue weighted by Crippen LogP contribution is -2.17. The molecule has 0 radical (unpaired) electrons. The Labute approximate surface area is 171 Å². The quantitative estimate of drug-likeness (QED) is 0.536. The number of nitrogens with one attached hydrogen (secondary N) is 1. The van der Waals surface area contributed by atoms with E-state index in [1.807, 2.05) is 47.4 Å². The van der Waals surface area contributed by atoms with Gasteiger partial charge in [0.1, 0.15) is 12.4 Å². The van der Waals surface area contributed by atoms with Gasteiger partial charge in [0.25, 0.3) is 0 Å². The largest absolute Gasteiger partial charge is 0.489 e. The number of ether oxygens (including phenoxy) is 1. The van der Waals surface area contributed by atoms with Crippen LogP contribution in [0.15, 0.2) is 86.9 Å². The molecule has 0 amide bonds. The van der Waals surface area contributed by atoms with Gasteiger partial charge in [0, 0.05) is 0 Å². The Hall–Kier alpha value is -4.31. The summed E-state index contributed by atoms with van der Waals surface area (Å²) in [5.74, 6) is -0.0893. The fraction of sp³-hybridized carbons (Fsp3) is 0.0870. The number of rotatable bonds is 6. The van der Waals surface area contributed by atoms with E-state index in [0.717, 1.165) is 27.0 Å². The van der Waals surface area contributed by atoms with E-state index in [9.17, 15) is 9.59 Å². The van der Waals surface area contributed by atoms with E-state index in [-0.39, 0.29) is 6.54 Å². The van der Waals surface area contributed by atoms with Crippen molar-refractivity contribution >= 4 is 0 Å². The highest BCUT2D eigenvalue weighted by Gasteiger charge is 2.05. The highest BCUT2D eigenvalue weighted by atomic mass is 16.5. The van der Waals surface area contributed by atoms with Gasteiger partial charge < -0.3 is 9.26 Å². The molecule has 0 atom stereocenters. The van der Waals surface area contributed by atoms with Crippen molar-refractivity contribution < 1.29 is 9.26 Å². The molecule has 0 saturated heterocycles. The first-order chi connectivity index (χ1) is 14.6. The van der Waals surface area contributed by atoms with Gasteiger partial charge in [0.05, 0.1) is 18.2 Å². The van der Waals surface area contributed by atoms with Gasteiger partial charge in [0.15, 0.2) is 0 Å². The molecule has 4 rings (SSSR count). The molecule has 30 heavy (non-hydrogen) atoms. The summed E-state index contributed by atoms with van der Waals surface area (Å²) in [5, 5.41) is 8.93. The lowest BCUT2D eigenvalue weighted by molar-refractivity contribution is 0.258. The predicted octanol–water partition coefficient (Wildman–Crippen LogP) is 3.30. The van der Waals surface area contributed by atoms with Crippen molar-refractivity contribution in [3.05, 3.63) is 111 Å². The first-order valence-electron chi connectivity index (χ1n) is 9.22. The van der Waals surface area contributed by atoms with E-state index in [1.165, 1.54) is 0 Å². The van der Waals surface area contributed by atoms with Gasteiger partial charge in [-0.3, -0.25) is 0 Å². The number of H-pyrrole nitrogens is 1. The Morgan fingerprint density at radius 1 is 0.933 bits per heavy atom. The summed E-state index contributed by atoms with van der Waals surface area (Å²) in [6, 6.07) is 24.8. The third kappa shape index (κ3) is 4.39. The van der Waals surface area contributed by atoms with Crippen molar-refractivity contribution in [2.24, 2.45) is 0 Å². The molecular weight excluding hydrogens is 382 g/mol. The van der Waals surface area contributed by atoms with Crippen molar-refractivity contribution in [2.45, 2.75) is 13.2 Å². The van der Waals surface area contributed by atoms with Crippen LogP contribution < -0.4 is 16.2 Å². The topological polar surface area (TPSA) is 101 Å².